The number of aryl methyl sites for hydroxylation is 1. The van der Waals surface area contributed by atoms with Crippen LogP contribution in [0.25, 0.3) is 0 Å². The number of amides is 1. The third kappa shape index (κ3) is 4.08. The quantitative estimate of drug-likeness (QED) is 0.923. The Kier molecular flexibility index (Phi) is 5.46. The van der Waals surface area contributed by atoms with E-state index in [1.807, 2.05) is 4.90 Å². The summed E-state index contributed by atoms with van der Waals surface area (Å²) in [4.78, 5) is 14.4. The van der Waals surface area contributed by atoms with Crippen LogP contribution in [0.15, 0.2) is 30.3 Å². The summed E-state index contributed by atoms with van der Waals surface area (Å²) in [6.45, 7) is 3.81. The fraction of sp³-hybridized carbons (Fsp3) is 0.611. The van der Waals surface area contributed by atoms with E-state index in [-0.39, 0.29) is 11.9 Å². The highest BCUT2D eigenvalue weighted by atomic mass is 16.5. The monoisotopic (exact) mass is 302 g/mol. The first kappa shape index (κ1) is 15.5. The van der Waals surface area contributed by atoms with Gasteiger partial charge < -0.3 is 15.0 Å². The van der Waals surface area contributed by atoms with Crippen LogP contribution in [0.5, 0.6) is 0 Å². The van der Waals surface area contributed by atoms with Crippen molar-refractivity contribution in [1.29, 1.82) is 0 Å². The molecular formula is C18H26N2O2. The number of carbonyl (C=O) groups excluding carboxylic acids is 1. The van der Waals surface area contributed by atoms with E-state index in [2.05, 4.69) is 35.6 Å². The first-order chi connectivity index (χ1) is 10.8. The fourth-order valence-electron chi connectivity index (χ4n) is 3.40. The van der Waals surface area contributed by atoms with Crippen LogP contribution in [0.4, 0.5) is 0 Å². The highest BCUT2D eigenvalue weighted by molar-refractivity contribution is 5.82. The Bertz CT molecular complexity index is 463. The van der Waals surface area contributed by atoms with E-state index in [9.17, 15) is 4.79 Å². The molecule has 3 rings (SSSR count). The SMILES string of the molecule is O=C(C1COCCN1)N1CCC(CCc2ccccc2)CC1. The lowest BCUT2D eigenvalue weighted by Crippen LogP contribution is -2.54. The Morgan fingerprint density at radius 2 is 2.00 bits per heavy atom. The number of piperidine rings is 1. The molecule has 4 heteroatoms. The fourth-order valence-corrected chi connectivity index (χ4v) is 3.40. The molecule has 120 valence electrons. The van der Waals surface area contributed by atoms with Gasteiger partial charge in [0.15, 0.2) is 0 Å². The molecule has 0 aliphatic carbocycles. The lowest BCUT2D eigenvalue weighted by molar-refractivity contribution is -0.137. The van der Waals surface area contributed by atoms with Crippen molar-refractivity contribution < 1.29 is 9.53 Å². The van der Waals surface area contributed by atoms with Crippen molar-refractivity contribution in [3.63, 3.8) is 0 Å². The zero-order chi connectivity index (χ0) is 15.2. The maximum Gasteiger partial charge on any atom is 0.242 e. The van der Waals surface area contributed by atoms with Gasteiger partial charge in [0.1, 0.15) is 6.04 Å². The molecule has 1 aromatic rings. The van der Waals surface area contributed by atoms with Crippen molar-refractivity contribution >= 4 is 5.91 Å². The van der Waals surface area contributed by atoms with Gasteiger partial charge in [-0.25, -0.2) is 0 Å². The summed E-state index contributed by atoms with van der Waals surface area (Å²) in [6.07, 6.45) is 4.65. The Morgan fingerprint density at radius 3 is 2.68 bits per heavy atom. The molecule has 1 atom stereocenters. The normalized spacial score (nSPS) is 23.5. The Hall–Kier alpha value is -1.39. The van der Waals surface area contributed by atoms with E-state index in [4.69, 9.17) is 4.74 Å². The summed E-state index contributed by atoms with van der Waals surface area (Å²) in [5.41, 5.74) is 1.42. The van der Waals surface area contributed by atoms with Crippen molar-refractivity contribution in [3.05, 3.63) is 35.9 Å². The highest BCUT2D eigenvalue weighted by Gasteiger charge is 2.29. The van der Waals surface area contributed by atoms with E-state index >= 15 is 0 Å². The maximum atomic E-state index is 12.4. The van der Waals surface area contributed by atoms with Crippen LogP contribution in [-0.2, 0) is 16.0 Å². The third-order valence-corrected chi connectivity index (χ3v) is 4.83. The topological polar surface area (TPSA) is 41.6 Å². The van der Waals surface area contributed by atoms with Gasteiger partial charge in [-0.15, -0.1) is 0 Å². The Labute approximate surface area is 132 Å². The number of likely N-dealkylation sites (tertiary alicyclic amines) is 1. The standard InChI is InChI=1S/C18H26N2O2/c21-18(17-14-22-13-10-19-17)20-11-8-16(9-12-20)7-6-15-4-2-1-3-5-15/h1-5,16-17,19H,6-14H2. The summed E-state index contributed by atoms with van der Waals surface area (Å²) < 4.78 is 5.39. The number of nitrogens with one attached hydrogen (secondary N) is 1. The summed E-state index contributed by atoms with van der Waals surface area (Å²) in [6, 6.07) is 10.6. The van der Waals surface area contributed by atoms with Crippen LogP contribution < -0.4 is 5.32 Å². The van der Waals surface area contributed by atoms with Crippen LogP contribution in [0.1, 0.15) is 24.8 Å². The maximum absolute atomic E-state index is 12.4. The number of rotatable bonds is 4. The van der Waals surface area contributed by atoms with Crippen LogP contribution in [0, 0.1) is 5.92 Å². The van der Waals surface area contributed by atoms with Gasteiger partial charge >= 0.3 is 0 Å². The van der Waals surface area contributed by atoms with Gasteiger partial charge in [-0.3, -0.25) is 4.79 Å². The predicted molar refractivity (Wildman–Crippen MR) is 86.7 cm³/mol. The van der Waals surface area contributed by atoms with Crippen molar-refractivity contribution in [2.45, 2.75) is 31.7 Å². The van der Waals surface area contributed by atoms with E-state index in [1.54, 1.807) is 0 Å². The second-order valence-corrected chi connectivity index (χ2v) is 6.37. The number of nitrogens with zero attached hydrogens (tertiary/aromatic N) is 1. The van der Waals surface area contributed by atoms with E-state index in [0.717, 1.165) is 44.8 Å². The molecule has 1 amide bonds. The van der Waals surface area contributed by atoms with Gasteiger partial charge in [0, 0.05) is 19.6 Å². The van der Waals surface area contributed by atoms with Crippen LogP contribution >= 0.6 is 0 Å². The summed E-state index contributed by atoms with van der Waals surface area (Å²) in [5.74, 6) is 0.973. The molecule has 0 radical (unpaired) electrons. The second kappa shape index (κ2) is 7.75. The van der Waals surface area contributed by atoms with E-state index in [0.29, 0.717) is 13.2 Å². The van der Waals surface area contributed by atoms with Crippen LogP contribution in [0.2, 0.25) is 0 Å². The highest BCUT2D eigenvalue weighted by Crippen LogP contribution is 2.23. The first-order valence-electron chi connectivity index (χ1n) is 8.47. The molecule has 2 saturated heterocycles. The number of ether oxygens (including phenoxy) is 1. The molecule has 0 spiro atoms. The lowest BCUT2D eigenvalue weighted by atomic mass is 9.90. The number of morpholine rings is 1. The minimum atomic E-state index is -0.130. The molecule has 0 aromatic heterocycles. The molecule has 2 heterocycles. The predicted octanol–water partition coefficient (Wildman–Crippen LogP) is 1.85. The molecule has 4 nitrogen and oxygen atoms in total. The molecule has 0 bridgehead atoms. The van der Waals surface area contributed by atoms with Gasteiger partial charge in [0.2, 0.25) is 5.91 Å². The zero-order valence-electron chi connectivity index (χ0n) is 13.2. The number of carbonyl (C=O) groups is 1. The molecule has 2 aliphatic heterocycles. The third-order valence-electron chi connectivity index (χ3n) is 4.83. The smallest absolute Gasteiger partial charge is 0.242 e. The Balaban J connectivity index is 1.41. The molecule has 1 aromatic carbocycles. The van der Waals surface area contributed by atoms with Crippen molar-refractivity contribution in [1.82, 2.24) is 10.2 Å². The van der Waals surface area contributed by atoms with Gasteiger partial charge in [-0.1, -0.05) is 30.3 Å². The minimum Gasteiger partial charge on any atom is -0.378 e. The summed E-state index contributed by atoms with van der Waals surface area (Å²) in [7, 11) is 0. The lowest BCUT2D eigenvalue weighted by Gasteiger charge is -2.35. The van der Waals surface area contributed by atoms with Gasteiger partial charge in [-0.05, 0) is 37.2 Å². The molecule has 2 fully saturated rings. The average Bonchev–Trinajstić information content (AvgIpc) is 2.61. The first-order valence-corrected chi connectivity index (χ1v) is 8.47. The van der Waals surface area contributed by atoms with E-state index in [1.165, 1.54) is 12.0 Å². The number of hydrogen-bond acceptors (Lipinski definition) is 3. The molecule has 1 unspecified atom stereocenters. The second-order valence-electron chi connectivity index (χ2n) is 6.37. The van der Waals surface area contributed by atoms with Crippen LogP contribution in [0.3, 0.4) is 0 Å². The van der Waals surface area contributed by atoms with E-state index < -0.39 is 0 Å². The molecule has 22 heavy (non-hydrogen) atoms. The van der Waals surface area contributed by atoms with Crippen LogP contribution in [-0.4, -0.2) is 49.7 Å². The molecule has 2 aliphatic rings. The van der Waals surface area contributed by atoms with Gasteiger partial charge in [0.25, 0.3) is 0 Å². The largest absolute Gasteiger partial charge is 0.378 e. The van der Waals surface area contributed by atoms with Gasteiger partial charge in [-0.2, -0.15) is 0 Å². The Morgan fingerprint density at radius 1 is 1.23 bits per heavy atom. The van der Waals surface area contributed by atoms with Gasteiger partial charge in [0.05, 0.1) is 13.2 Å². The molecule has 0 saturated carbocycles. The zero-order valence-corrected chi connectivity index (χ0v) is 13.2. The van der Waals surface area contributed by atoms with Crippen molar-refractivity contribution in [2.24, 2.45) is 5.92 Å². The minimum absolute atomic E-state index is 0.130. The van der Waals surface area contributed by atoms with Crippen molar-refractivity contribution in [2.75, 3.05) is 32.8 Å². The number of hydrogen-bond donors (Lipinski definition) is 1. The number of benzene rings is 1. The van der Waals surface area contributed by atoms with Crippen molar-refractivity contribution in [3.8, 4) is 0 Å². The molecule has 1 N–H and O–H groups in total. The summed E-state index contributed by atoms with van der Waals surface area (Å²) in [5, 5.41) is 3.26. The summed E-state index contributed by atoms with van der Waals surface area (Å²) >= 11 is 0. The molecular weight excluding hydrogens is 276 g/mol. The average molecular weight is 302 g/mol.